The lowest BCUT2D eigenvalue weighted by Gasteiger charge is -2.14. The largest absolute Gasteiger partial charge is 0.869 e. The van der Waals surface area contributed by atoms with Crippen LogP contribution in [-0.2, 0) is 0 Å². The third-order valence-electron chi connectivity index (χ3n) is 2.50. The molecular formula is C15H11O3-. The lowest BCUT2D eigenvalue weighted by Crippen LogP contribution is -2.13. The van der Waals surface area contributed by atoms with E-state index in [1.807, 2.05) is 0 Å². The second kappa shape index (κ2) is 5.19. The molecule has 0 saturated carbocycles. The average Bonchev–Trinajstić information content (AvgIpc) is 2.47. The van der Waals surface area contributed by atoms with Gasteiger partial charge in [-0.15, -0.1) is 0 Å². The van der Waals surface area contributed by atoms with E-state index in [-0.39, 0.29) is 0 Å². The SMILES string of the molecule is O=C(/C(O)=C(/[O-])c1ccccc1)c1ccccc1. The summed E-state index contributed by atoms with van der Waals surface area (Å²) >= 11 is 0. The Hall–Kier alpha value is -2.55. The Morgan fingerprint density at radius 3 is 1.78 bits per heavy atom. The molecule has 0 heterocycles. The normalized spacial score (nSPS) is 11.8. The summed E-state index contributed by atoms with van der Waals surface area (Å²) in [5, 5.41) is 21.6. The first-order valence-corrected chi connectivity index (χ1v) is 5.45. The van der Waals surface area contributed by atoms with Crippen LogP contribution in [0.5, 0.6) is 0 Å². The van der Waals surface area contributed by atoms with Crippen LogP contribution in [0.2, 0.25) is 0 Å². The molecule has 0 amide bonds. The van der Waals surface area contributed by atoms with Crippen LogP contribution in [0.25, 0.3) is 5.76 Å². The summed E-state index contributed by atoms with van der Waals surface area (Å²) in [5.74, 6) is -2.08. The van der Waals surface area contributed by atoms with Crippen molar-refractivity contribution in [3.63, 3.8) is 0 Å². The number of aliphatic hydroxyl groups is 1. The van der Waals surface area contributed by atoms with Gasteiger partial charge in [-0.2, -0.15) is 0 Å². The molecule has 0 aliphatic rings. The number of benzene rings is 2. The molecule has 0 unspecified atom stereocenters. The van der Waals surface area contributed by atoms with Crippen molar-refractivity contribution in [3.05, 3.63) is 77.5 Å². The molecule has 90 valence electrons. The molecular weight excluding hydrogens is 228 g/mol. The van der Waals surface area contributed by atoms with Gasteiger partial charge in [-0.3, -0.25) is 4.79 Å². The van der Waals surface area contributed by atoms with E-state index in [0.29, 0.717) is 11.1 Å². The maximum atomic E-state index is 11.9. The number of allylic oxidation sites excluding steroid dienone is 1. The zero-order valence-electron chi connectivity index (χ0n) is 9.54. The van der Waals surface area contributed by atoms with Gasteiger partial charge in [-0.25, -0.2) is 0 Å². The zero-order valence-corrected chi connectivity index (χ0v) is 9.54. The van der Waals surface area contributed by atoms with Crippen LogP contribution >= 0.6 is 0 Å². The van der Waals surface area contributed by atoms with Gasteiger partial charge in [0, 0.05) is 5.56 Å². The number of ketones is 1. The molecule has 0 aromatic heterocycles. The Morgan fingerprint density at radius 2 is 1.28 bits per heavy atom. The molecule has 1 N–H and O–H groups in total. The van der Waals surface area contributed by atoms with Crippen LogP contribution in [0.15, 0.2) is 66.4 Å². The molecule has 18 heavy (non-hydrogen) atoms. The molecule has 3 nitrogen and oxygen atoms in total. The van der Waals surface area contributed by atoms with E-state index >= 15 is 0 Å². The summed E-state index contributed by atoms with van der Waals surface area (Å²) < 4.78 is 0. The predicted molar refractivity (Wildman–Crippen MR) is 66.8 cm³/mol. The van der Waals surface area contributed by atoms with Gasteiger partial charge in [0.15, 0.2) is 5.76 Å². The summed E-state index contributed by atoms with van der Waals surface area (Å²) in [6.07, 6.45) is 0. The second-order valence-electron chi connectivity index (χ2n) is 3.74. The number of aliphatic hydroxyl groups excluding tert-OH is 1. The van der Waals surface area contributed by atoms with E-state index in [2.05, 4.69) is 0 Å². The molecule has 0 fully saturated rings. The minimum atomic E-state index is -0.757. The molecule has 3 heteroatoms. The Labute approximate surface area is 105 Å². The van der Waals surface area contributed by atoms with Crippen molar-refractivity contribution in [1.29, 1.82) is 0 Å². The molecule has 0 aliphatic carbocycles. The van der Waals surface area contributed by atoms with E-state index in [1.54, 1.807) is 60.7 Å². The fourth-order valence-corrected chi connectivity index (χ4v) is 1.56. The summed E-state index contributed by atoms with van der Waals surface area (Å²) in [7, 11) is 0. The highest BCUT2D eigenvalue weighted by atomic mass is 16.3. The molecule has 0 saturated heterocycles. The number of carbonyl (C=O) groups excluding carboxylic acids is 1. The van der Waals surface area contributed by atoms with Gasteiger partial charge in [-0.05, 0) is 5.56 Å². The minimum absolute atomic E-state index is 0.291. The fraction of sp³-hybridized carbons (Fsp3) is 0. The van der Waals surface area contributed by atoms with Crippen molar-refractivity contribution < 1.29 is 15.0 Å². The lowest BCUT2D eigenvalue weighted by atomic mass is 10.1. The molecule has 0 atom stereocenters. The maximum Gasteiger partial charge on any atom is 0.226 e. The van der Waals surface area contributed by atoms with Crippen molar-refractivity contribution in [2.75, 3.05) is 0 Å². The highest BCUT2D eigenvalue weighted by Gasteiger charge is 2.11. The minimum Gasteiger partial charge on any atom is -0.869 e. The monoisotopic (exact) mass is 239 g/mol. The number of carbonyl (C=O) groups is 1. The first-order valence-electron chi connectivity index (χ1n) is 5.45. The van der Waals surface area contributed by atoms with Crippen LogP contribution in [0, 0.1) is 0 Å². The second-order valence-corrected chi connectivity index (χ2v) is 3.74. The summed E-state index contributed by atoms with van der Waals surface area (Å²) in [5.41, 5.74) is 0.582. The number of hydrogen-bond acceptors (Lipinski definition) is 3. The molecule has 0 bridgehead atoms. The van der Waals surface area contributed by atoms with Gasteiger partial charge in [0.05, 0.1) is 0 Å². The molecule has 2 aromatic rings. The molecule has 0 aliphatic heterocycles. The summed E-state index contributed by atoms with van der Waals surface area (Å²) in [4.78, 5) is 11.9. The Bertz CT molecular complexity index is 571. The molecule has 2 aromatic carbocycles. The van der Waals surface area contributed by atoms with Crippen molar-refractivity contribution >= 4 is 11.5 Å². The summed E-state index contributed by atoms with van der Waals surface area (Å²) in [6.45, 7) is 0. The van der Waals surface area contributed by atoms with Crippen LogP contribution in [-0.4, -0.2) is 10.9 Å². The molecule has 2 rings (SSSR count). The smallest absolute Gasteiger partial charge is 0.226 e. The molecule has 0 spiro atoms. The van der Waals surface area contributed by atoms with E-state index in [9.17, 15) is 15.0 Å². The van der Waals surface area contributed by atoms with Crippen molar-refractivity contribution in [3.8, 4) is 0 Å². The van der Waals surface area contributed by atoms with Crippen molar-refractivity contribution in [1.82, 2.24) is 0 Å². The molecule has 0 radical (unpaired) electrons. The van der Waals surface area contributed by atoms with Crippen molar-refractivity contribution in [2.24, 2.45) is 0 Å². The van der Waals surface area contributed by atoms with Gasteiger partial charge in [-0.1, -0.05) is 66.4 Å². The average molecular weight is 239 g/mol. The van der Waals surface area contributed by atoms with Crippen molar-refractivity contribution in [2.45, 2.75) is 0 Å². The highest BCUT2D eigenvalue weighted by molar-refractivity contribution is 6.10. The first kappa shape index (κ1) is 11.9. The van der Waals surface area contributed by atoms with E-state index in [4.69, 9.17) is 0 Å². The highest BCUT2D eigenvalue weighted by Crippen LogP contribution is 2.15. The number of hydrogen-bond donors (Lipinski definition) is 1. The maximum absolute atomic E-state index is 11.9. The number of Topliss-reactive ketones (excluding diaryl/α,β-unsaturated/α-hetero) is 1. The third-order valence-corrected chi connectivity index (χ3v) is 2.50. The summed E-state index contributed by atoms with van der Waals surface area (Å²) in [6, 6.07) is 16.4. The lowest BCUT2D eigenvalue weighted by molar-refractivity contribution is -0.246. The van der Waals surface area contributed by atoms with Crippen LogP contribution in [0.3, 0.4) is 0 Å². The van der Waals surface area contributed by atoms with Gasteiger partial charge in [0.1, 0.15) is 0 Å². The van der Waals surface area contributed by atoms with E-state index in [1.165, 1.54) is 0 Å². The van der Waals surface area contributed by atoms with Crippen LogP contribution in [0.1, 0.15) is 15.9 Å². The topological polar surface area (TPSA) is 60.4 Å². The number of rotatable bonds is 3. The standard InChI is InChI=1S/C15H12O3/c16-13(11-7-3-1-4-8-11)15(18)14(17)12-9-5-2-6-10-12/h1-10,16,18H/p-1/b15-13-. The van der Waals surface area contributed by atoms with Crippen LogP contribution < -0.4 is 5.11 Å². The third kappa shape index (κ3) is 2.40. The van der Waals surface area contributed by atoms with Crippen LogP contribution in [0.4, 0.5) is 0 Å². The predicted octanol–water partition coefficient (Wildman–Crippen LogP) is 2.16. The Morgan fingerprint density at radius 1 is 0.833 bits per heavy atom. The zero-order chi connectivity index (χ0) is 13.0. The van der Waals surface area contributed by atoms with Gasteiger partial charge in [0.25, 0.3) is 0 Å². The van der Waals surface area contributed by atoms with E-state index < -0.39 is 17.3 Å². The van der Waals surface area contributed by atoms with Gasteiger partial charge >= 0.3 is 0 Å². The first-order chi connectivity index (χ1) is 8.70. The van der Waals surface area contributed by atoms with Gasteiger partial charge < -0.3 is 10.2 Å². The Balaban J connectivity index is 2.37. The quantitative estimate of drug-likeness (QED) is 0.507. The van der Waals surface area contributed by atoms with E-state index in [0.717, 1.165) is 0 Å². The van der Waals surface area contributed by atoms with Gasteiger partial charge in [0.2, 0.25) is 5.78 Å². The fourth-order valence-electron chi connectivity index (χ4n) is 1.56. The Kier molecular flexibility index (Phi) is 3.44.